The van der Waals surface area contributed by atoms with E-state index in [0.29, 0.717) is 0 Å². The molecule has 0 fully saturated rings. The lowest BCUT2D eigenvalue weighted by Crippen LogP contribution is -2.49. The average Bonchev–Trinajstić information content (AvgIpc) is 2.32. The number of aliphatic carboxylic acids is 1. The second kappa shape index (κ2) is 6.09. The van der Waals surface area contributed by atoms with Gasteiger partial charge in [-0.25, -0.2) is 4.79 Å². The number of hydrogen-bond acceptors (Lipinski definition) is 4. The number of nitro groups is 1. The number of carbonyl (C=O) groups is 2. The van der Waals surface area contributed by atoms with E-state index in [4.69, 9.17) is 16.7 Å². The minimum Gasteiger partial charge on any atom is -0.480 e. The predicted octanol–water partition coefficient (Wildman–Crippen LogP) is 2.48. The quantitative estimate of drug-likeness (QED) is 0.655. The summed E-state index contributed by atoms with van der Waals surface area (Å²) in [5, 5.41) is 22.3. The maximum Gasteiger partial charge on any atom is 0.326 e. The van der Waals surface area contributed by atoms with Crippen molar-refractivity contribution in [1.82, 2.24) is 5.32 Å². The van der Waals surface area contributed by atoms with E-state index in [2.05, 4.69) is 5.32 Å². The average molecular weight is 315 g/mol. The number of nitro benzene ring substituents is 1. The van der Waals surface area contributed by atoms with Gasteiger partial charge in [0, 0.05) is 0 Å². The molecule has 0 radical (unpaired) electrons. The summed E-state index contributed by atoms with van der Waals surface area (Å²) >= 11 is 5.72. The number of rotatable bonds is 4. The minimum absolute atomic E-state index is 0.185. The third-order valence-electron chi connectivity index (χ3n) is 2.80. The van der Waals surface area contributed by atoms with Gasteiger partial charge in [-0.1, -0.05) is 38.4 Å². The Morgan fingerprint density at radius 1 is 1.38 bits per heavy atom. The molecule has 114 valence electrons. The summed E-state index contributed by atoms with van der Waals surface area (Å²) < 4.78 is 0. The zero-order valence-electron chi connectivity index (χ0n) is 11.7. The lowest BCUT2D eigenvalue weighted by Gasteiger charge is -2.27. The summed E-state index contributed by atoms with van der Waals surface area (Å²) in [7, 11) is 0. The maximum atomic E-state index is 12.1. The van der Waals surface area contributed by atoms with Gasteiger partial charge in [0.15, 0.2) is 0 Å². The molecule has 2 N–H and O–H groups in total. The van der Waals surface area contributed by atoms with Crippen LogP contribution < -0.4 is 5.32 Å². The van der Waals surface area contributed by atoms with Crippen molar-refractivity contribution >= 4 is 29.2 Å². The van der Waals surface area contributed by atoms with Crippen molar-refractivity contribution in [2.24, 2.45) is 5.41 Å². The molecule has 0 aliphatic heterocycles. The van der Waals surface area contributed by atoms with Gasteiger partial charge in [-0.05, 0) is 17.5 Å². The van der Waals surface area contributed by atoms with Crippen LogP contribution in [0.1, 0.15) is 31.1 Å². The normalized spacial score (nSPS) is 12.6. The number of carbonyl (C=O) groups excluding carboxylic acids is 1. The molecule has 1 rings (SSSR count). The summed E-state index contributed by atoms with van der Waals surface area (Å²) in [5.74, 6) is -2.08. The summed E-state index contributed by atoms with van der Waals surface area (Å²) in [6, 6.07) is 2.70. The van der Waals surface area contributed by atoms with Gasteiger partial charge in [-0.3, -0.25) is 14.9 Å². The van der Waals surface area contributed by atoms with E-state index in [1.807, 2.05) is 0 Å². The molecule has 0 bridgehead atoms. The molecule has 7 nitrogen and oxygen atoms in total. The molecule has 1 aromatic carbocycles. The Bertz CT molecular complexity index is 595. The van der Waals surface area contributed by atoms with Crippen LogP contribution in [0.15, 0.2) is 18.2 Å². The van der Waals surface area contributed by atoms with Crippen molar-refractivity contribution in [2.75, 3.05) is 0 Å². The van der Waals surface area contributed by atoms with Crippen molar-refractivity contribution in [3.63, 3.8) is 0 Å². The maximum absolute atomic E-state index is 12.1. The summed E-state index contributed by atoms with van der Waals surface area (Å²) in [6.07, 6.45) is 0. The second-order valence-corrected chi connectivity index (χ2v) is 5.91. The highest BCUT2D eigenvalue weighted by Gasteiger charge is 2.34. The van der Waals surface area contributed by atoms with Crippen LogP contribution in [0.2, 0.25) is 5.02 Å². The van der Waals surface area contributed by atoms with Crippen molar-refractivity contribution in [3.05, 3.63) is 38.9 Å². The Balaban J connectivity index is 3.19. The fourth-order valence-corrected chi connectivity index (χ4v) is 1.99. The molecular weight excluding hydrogens is 300 g/mol. The van der Waals surface area contributed by atoms with Gasteiger partial charge >= 0.3 is 11.7 Å². The molecule has 8 heteroatoms. The highest BCUT2D eigenvalue weighted by molar-refractivity contribution is 6.33. The largest absolute Gasteiger partial charge is 0.480 e. The van der Waals surface area contributed by atoms with Crippen LogP contribution in [0.25, 0.3) is 0 Å². The molecule has 0 aromatic heterocycles. The van der Waals surface area contributed by atoms with Crippen molar-refractivity contribution in [2.45, 2.75) is 26.8 Å². The number of benzene rings is 1. The zero-order chi connectivity index (χ0) is 16.4. The first-order valence-electron chi connectivity index (χ1n) is 6.02. The van der Waals surface area contributed by atoms with Crippen LogP contribution in [0.4, 0.5) is 5.69 Å². The Morgan fingerprint density at radius 2 is 1.95 bits per heavy atom. The number of nitrogens with zero attached hydrogens (tertiary/aromatic N) is 1. The third kappa shape index (κ3) is 3.91. The number of carboxylic acids is 1. The SMILES string of the molecule is CC(C)(C)C(NC(=O)c1cccc(Cl)c1[N+](=O)[O-])C(=O)O. The molecule has 0 spiro atoms. The molecule has 0 saturated heterocycles. The molecule has 1 unspecified atom stereocenters. The van der Waals surface area contributed by atoms with E-state index < -0.39 is 33.9 Å². The topological polar surface area (TPSA) is 110 Å². The van der Waals surface area contributed by atoms with Crippen LogP contribution >= 0.6 is 11.6 Å². The van der Waals surface area contributed by atoms with E-state index in [1.54, 1.807) is 20.8 Å². The number of halogens is 1. The first-order chi connectivity index (χ1) is 9.55. The van der Waals surface area contributed by atoms with E-state index in [0.717, 1.165) is 0 Å². The first-order valence-corrected chi connectivity index (χ1v) is 6.40. The molecule has 0 saturated carbocycles. The van der Waals surface area contributed by atoms with Gasteiger partial charge < -0.3 is 10.4 Å². The molecule has 1 atom stereocenters. The molecule has 21 heavy (non-hydrogen) atoms. The highest BCUT2D eigenvalue weighted by Crippen LogP contribution is 2.28. The third-order valence-corrected chi connectivity index (χ3v) is 3.11. The molecule has 0 heterocycles. The lowest BCUT2D eigenvalue weighted by molar-refractivity contribution is -0.385. The van der Waals surface area contributed by atoms with Crippen molar-refractivity contribution < 1.29 is 19.6 Å². The smallest absolute Gasteiger partial charge is 0.326 e. The number of hydrogen-bond donors (Lipinski definition) is 2. The van der Waals surface area contributed by atoms with Gasteiger partial charge in [0.1, 0.15) is 16.6 Å². The number of amides is 1. The fourth-order valence-electron chi connectivity index (χ4n) is 1.74. The van der Waals surface area contributed by atoms with Gasteiger partial charge in [0.05, 0.1) is 4.92 Å². The molecular formula is C13H15ClN2O5. The van der Waals surface area contributed by atoms with Crippen LogP contribution in [0, 0.1) is 15.5 Å². The Morgan fingerprint density at radius 3 is 2.38 bits per heavy atom. The fraction of sp³-hybridized carbons (Fsp3) is 0.385. The van der Waals surface area contributed by atoms with E-state index >= 15 is 0 Å². The Hall–Kier alpha value is -2.15. The summed E-state index contributed by atoms with van der Waals surface area (Å²) in [6.45, 7) is 4.91. The van der Waals surface area contributed by atoms with Gasteiger partial charge in [0.2, 0.25) is 0 Å². The number of nitrogens with one attached hydrogen (secondary N) is 1. The standard InChI is InChI=1S/C13H15ClN2O5/c1-13(2,3)10(12(18)19)15-11(17)7-5-4-6-8(14)9(7)16(20)21/h4-6,10H,1-3H3,(H,15,17)(H,18,19). The molecule has 0 aliphatic rings. The lowest BCUT2D eigenvalue weighted by atomic mass is 9.86. The monoisotopic (exact) mass is 314 g/mol. The van der Waals surface area contributed by atoms with Gasteiger partial charge in [0.25, 0.3) is 5.91 Å². The number of carboxylic acid groups (broad SMARTS) is 1. The zero-order valence-corrected chi connectivity index (χ0v) is 12.5. The molecule has 1 aromatic rings. The summed E-state index contributed by atoms with van der Waals surface area (Å²) in [5.41, 5.74) is -1.58. The van der Waals surface area contributed by atoms with E-state index in [9.17, 15) is 19.7 Å². The molecule has 0 aliphatic carbocycles. The minimum atomic E-state index is -1.22. The number of para-hydroxylation sites is 1. The first kappa shape index (κ1) is 16.9. The van der Waals surface area contributed by atoms with Crippen LogP contribution in [0.3, 0.4) is 0 Å². The van der Waals surface area contributed by atoms with Crippen LogP contribution in [-0.4, -0.2) is 27.9 Å². The highest BCUT2D eigenvalue weighted by atomic mass is 35.5. The predicted molar refractivity (Wildman–Crippen MR) is 76.5 cm³/mol. The summed E-state index contributed by atoms with van der Waals surface area (Å²) in [4.78, 5) is 33.6. The van der Waals surface area contributed by atoms with Crippen LogP contribution in [0.5, 0.6) is 0 Å². The molecule has 1 amide bonds. The van der Waals surface area contributed by atoms with Crippen LogP contribution in [-0.2, 0) is 4.79 Å². The Labute approximate surface area is 126 Å². The van der Waals surface area contributed by atoms with E-state index in [-0.39, 0.29) is 10.6 Å². The van der Waals surface area contributed by atoms with Gasteiger partial charge in [-0.2, -0.15) is 0 Å². The second-order valence-electron chi connectivity index (χ2n) is 5.50. The van der Waals surface area contributed by atoms with Crippen molar-refractivity contribution in [3.8, 4) is 0 Å². The van der Waals surface area contributed by atoms with E-state index in [1.165, 1.54) is 18.2 Å². The van der Waals surface area contributed by atoms with Gasteiger partial charge in [-0.15, -0.1) is 0 Å². The van der Waals surface area contributed by atoms with Crippen molar-refractivity contribution in [1.29, 1.82) is 0 Å². The Kier molecular flexibility index (Phi) is 4.90.